The molecule has 0 aliphatic carbocycles. The average Bonchev–Trinajstić information content (AvgIpc) is 2.69. The number of carboxylic acid groups (broad SMARTS) is 1. The van der Waals surface area contributed by atoms with Crippen LogP contribution in [0.1, 0.15) is 58.1 Å². The van der Waals surface area contributed by atoms with Gasteiger partial charge in [-0.15, -0.1) is 0 Å². The van der Waals surface area contributed by atoms with Gasteiger partial charge in [-0.2, -0.15) is 0 Å². The van der Waals surface area contributed by atoms with Gasteiger partial charge in [0.1, 0.15) is 8.07 Å². The lowest BCUT2D eigenvalue weighted by Gasteiger charge is -2.40. The smallest absolute Gasteiger partial charge is 0.303 e. The van der Waals surface area contributed by atoms with E-state index in [-0.39, 0.29) is 6.42 Å². The van der Waals surface area contributed by atoms with E-state index in [1.54, 1.807) is 0 Å². The molecule has 0 amide bonds. The summed E-state index contributed by atoms with van der Waals surface area (Å²) < 4.78 is 0. The Morgan fingerprint density at radius 3 is 2.48 bits per heavy atom. The Labute approximate surface area is 187 Å². The number of nitrogens with one attached hydrogen (secondary N) is 1. The second-order valence-corrected chi connectivity index (χ2v) is 13.7. The van der Waals surface area contributed by atoms with Gasteiger partial charge in [-0.3, -0.25) is 4.79 Å². The van der Waals surface area contributed by atoms with Crippen molar-refractivity contribution in [1.29, 1.82) is 0 Å². The van der Waals surface area contributed by atoms with E-state index in [0.29, 0.717) is 12.0 Å². The van der Waals surface area contributed by atoms with E-state index in [0.717, 1.165) is 30.1 Å². The maximum absolute atomic E-state index is 11.4. The van der Waals surface area contributed by atoms with Crippen molar-refractivity contribution >= 4 is 41.9 Å². The number of carboxylic acids is 1. The SMILES string of the molecule is CC/C=c1/cc2c(cc1C)=Nc1cc(C)c(NCC)cc1[Si]2(CCCC(=O)O)C(C)C. The maximum Gasteiger partial charge on any atom is 0.303 e. The molecule has 166 valence electrons. The molecule has 3 rings (SSSR count). The molecule has 0 spiro atoms. The summed E-state index contributed by atoms with van der Waals surface area (Å²) in [7, 11) is -2.25. The minimum atomic E-state index is -2.25. The number of benzene rings is 2. The van der Waals surface area contributed by atoms with Gasteiger partial charge in [0.05, 0.1) is 11.0 Å². The van der Waals surface area contributed by atoms with Crippen LogP contribution in [0.5, 0.6) is 0 Å². The molecule has 2 aromatic rings. The van der Waals surface area contributed by atoms with Crippen molar-refractivity contribution < 1.29 is 9.90 Å². The van der Waals surface area contributed by atoms with Gasteiger partial charge >= 0.3 is 5.97 Å². The summed E-state index contributed by atoms with van der Waals surface area (Å²) in [6, 6.07) is 10.1. The Morgan fingerprint density at radius 2 is 1.87 bits per heavy atom. The van der Waals surface area contributed by atoms with Crippen LogP contribution < -0.4 is 26.3 Å². The lowest BCUT2D eigenvalue weighted by Crippen LogP contribution is -2.67. The molecular weight excluding hydrogens is 400 g/mol. The van der Waals surface area contributed by atoms with Crippen LogP contribution in [0.15, 0.2) is 29.3 Å². The van der Waals surface area contributed by atoms with Crippen molar-refractivity contribution in [2.45, 2.75) is 72.4 Å². The second-order valence-electron chi connectivity index (χ2n) is 9.04. The van der Waals surface area contributed by atoms with Crippen molar-refractivity contribution in [3.05, 3.63) is 46.0 Å². The number of aliphatic carboxylic acids is 1. The molecule has 1 atom stereocenters. The Kier molecular flexibility index (Phi) is 7.05. The first-order valence-electron chi connectivity index (χ1n) is 11.5. The minimum Gasteiger partial charge on any atom is -0.481 e. The molecular formula is C26H36N2O2Si. The van der Waals surface area contributed by atoms with Gasteiger partial charge in [0.25, 0.3) is 0 Å². The number of nitrogens with zero attached hydrogens (tertiary/aromatic N) is 1. The molecule has 5 heteroatoms. The summed E-state index contributed by atoms with van der Waals surface area (Å²) in [5.41, 5.74) is 5.14. The van der Waals surface area contributed by atoms with Gasteiger partial charge < -0.3 is 10.4 Å². The largest absolute Gasteiger partial charge is 0.481 e. The molecule has 1 heterocycles. The van der Waals surface area contributed by atoms with Crippen LogP contribution in [0.3, 0.4) is 0 Å². The van der Waals surface area contributed by atoms with E-state index in [1.807, 2.05) is 0 Å². The summed E-state index contributed by atoms with van der Waals surface area (Å²) in [5.74, 6) is -0.713. The number of carbonyl (C=O) groups is 1. The van der Waals surface area contributed by atoms with Crippen molar-refractivity contribution in [2.75, 3.05) is 11.9 Å². The van der Waals surface area contributed by atoms with Crippen molar-refractivity contribution in [3.63, 3.8) is 0 Å². The van der Waals surface area contributed by atoms with E-state index in [9.17, 15) is 9.90 Å². The zero-order chi connectivity index (χ0) is 22.8. The first kappa shape index (κ1) is 23.3. The highest BCUT2D eigenvalue weighted by Gasteiger charge is 2.44. The highest BCUT2D eigenvalue weighted by molar-refractivity contribution is 7.04. The van der Waals surface area contributed by atoms with E-state index in [4.69, 9.17) is 4.99 Å². The summed E-state index contributed by atoms with van der Waals surface area (Å²) in [5, 5.41) is 18.0. The molecule has 0 saturated carbocycles. The lowest BCUT2D eigenvalue weighted by molar-refractivity contribution is -0.137. The summed E-state index contributed by atoms with van der Waals surface area (Å²) >= 11 is 0. The maximum atomic E-state index is 11.4. The molecule has 0 bridgehead atoms. The normalized spacial score (nSPS) is 17.8. The van der Waals surface area contributed by atoms with Crippen LogP contribution in [0.2, 0.25) is 11.6 Å². The molecule has 2 aromatic carbocycles. The Morgan fingerprint density at radius 1 is 1.13 bits per heavy atom. The number of fused-ring (bicyclic) bond motifs is 2. The molecule has 0 saturated heterocycles. The molecule has 0 fully saturated rings. The predicted octanol–water partition coefficient (Wildman–Crippen LogP) is 4.03. The molecule has 1 unspecified atom stereocenters. The van der Waals surface area contributed by atoms with Crippen LogP contribution in [0, 0.1) is 13.8 Å². The topological polar surface area (TPSA) is 61.7 Å². The fraction of sp³-hybridized carbons (Fsp3) is 0.462. The number of hydrogen-bond donors (Lipinski definition) is 2. The third-order valence-corrected chi connectivity index (χ3v) is 12.5. The quantitative estimate of drug-likeness (QED) is 0.614. The van der Waals surface area contributed by atoms with E-state index in [1.165, 1.54) is 32.4 Å². The van der Waals surface area contributed by atoms with Gasteiger partial charge in [0.2, 0.25) is 0 Å². The zero-order valence-corrected chi connectivity index (χ0v) is 20.8. The summed E-state index contributed by atoms with van der Waals surface area (Å²) in [6.45, 7) is 14.1. The van der Waals surface area contributed by atoms with Crippen molar-refractivity contribution in [2.24, 2.45) is 4.99 Å². The Bertz CT molecular complexity index is 1110. The van der Waals surface area contributed by atoms with Gasteiger partial charge in [0, 0.05) is 18.7 Å². The van der Waals surface area contributed by atoms with Crippen molar-refractivity contribution in [1.82, 2.24) is 0 Å². The van der Waals surface area contributed by atoms with Crippen molar-refractivity contribution in [3.8, 4) is 0 Å². The minimum absolute atomic E-state index is 0.217. The highest BCUT2D eigenvalue weighted by atomic mass is 28.3. The van der Waals surface area contributed by atoms with Crippen LogP contribution in [0.25, 0.3) is 6.08 Å². The third kappa shape index (κ3) is 4.33. The summed E-state index contributed by atoms with van der Waals surface area (Å²) in [6.07, 6.45) is 4.20. The van der Waals surface area contributed by atoms with Gasteiger partial charge in [-0.05, 0) is 90.1 Å². The van der Waals surface area contributed by atoms with Crippen LogP contribution in [-0.4, -0.2) is 25.7 Å². The predicted molar refractivity (Wildman–Crippen MR) is 134 cm³/mol. The molecule has 0 aromatic heterocycles. The summed E-state index contributed by atoms with van der Waals surface area (Å²) in [4.78, 5) is 16.5. The Hall–Kier alpha value is -2.40. The van der Waals surface area contributed by atoms with E-state index in [2.05, 4.69) is 77.2 Å². The highest BCUT2D eigenvalue weighted by Crippen LogP contribution is 2.33. The number of anilines is 1. The molecule has 0 radical (unpaired) electrons. The fourth-order valence-electron chi connectivity index (χ4n) is 5.10. The van der Waals surface area contributed by atoms with E-state index < -0.39 is 14.0 Å². The third-order valence-electron chi connectivity index (χ3n) is 6.67. The monoisotopic (exact) mass is 436 g/mol. The van der Waals surface area contributed by atoms with Gasteiger partial charge in [-0.1, -0.05) is 32.9 Å². The fourth-order valence-corrected chi connectivity index (χ4v) is 10.5. The van der Waals surface area contributed by atoms with Crippen LogP contribution in [0.4, 0.5) is 11.4 Å². The van der Waals surface area contributed by atoms with E-state index >= 15 is 0 Å². The van der Waals surface area contributed by atoms with Gasteiger partial charge in [-0.25, -0.2) is 4.99 Å². The molecule has 2 N–H and O–H groups in total. The number of hydrogen-bond acceptors (Lipinski definition) is 3. The number of rotatable bonds is 8. The standard InChI is InChI=1S/C26H36N2O2Si/c1-7-10-20-15-24-22(13-18(20)5)28-23-14-19(6)21(27-8-2)16-25(23)31(24,17(3)4)12-9-11-26(29)30/h10,13-17,27H,7-9,11-12H2,1-6H3,(H,29,30)/b20-10-. The number of aryl methyl sites for hydroxylation is 2. The molecule has 1 aliphatic heterocycles. The molecule has 1 aliphatic rings. The molecule has 4 nitrogen and oxygen atoms in total. The lowest BCUT2D eigenvalue weighted by atomic mass is 10.1. The molecule has 31 heavy (non-hydrogen) atoms. The average molecular weight is 437 g/mol. The zero-order valence-electron chi connectivity index (χ0n) is 19.8. The van der Waals surface area contributed by atoms with Crippen LogP contribution >= 0.6 is 0 Å². The first-order valence-corrected chi connectivity index (χ1v) is 13.8. The van der Waals surface area contributed by atoms with Crippen LogP contribution in [-0.2, 0) is 4.79 Å². The Balaban J connectivity index is 2.37. The first-order chi connectivity index (χ1) is 14.7. The van der Waals surface area contributed by atoms with Gasteiger partial charge in [0.15, 0.2) is 0 Å². The second kappa shape index (κ2) is 9.39.